The summed E-state index contributed by atoms with van der Waals surface area (Å²) in [4.78, 5) is 28.9. The third-order valence-corrected chi connectivity index (χ3v) is 6.92. The van der Waals surface area contributed by atoms with E-state index in [-0.39, 0.29) is 16.7 Å². The second-order valence-corrected chi connectivity index (χ2v) is 8.24. The van der Waals surface area contributed by atoms with E-state index in [1.165, 1.54) is 0 Å². The largest absolute Gasteiger partial charge is 0.467 e. The molecule has 5 nitrogen and oxygen atoms in total. The van der Waals surface area contributed by atoms with Crippen molar-refractivity contribution in [3.05, 3.63) is 59.5 Å². The lowest BCUT2D eigenvalue weighted by Gasteiger charge is -2.43. The van der Waals surface area contributed by atoms with Crippen LogP contribution in [0.25, 0.3) is 0 Å². The van der Waals surface area contributed by atoms with Crippen LogP contribution in [0.1, 0.15) is 34.5 Å². The van der Waals surface area contributed by atoms with E-state index in [4.69, 9.17) is 4.42 Å². The van der Waals surface area contributed by atoms with Gasteiger partial charge in [0.15, 0.2) is 0 Å². The first-order valence-corrected chi connectivity index (χ1v) is 9.89. The first-order valence-electron chi connectivity index (χ1n) is 8.91. The van der Waals surface area contributed by atoms with Crippen molar-refractivity contribution in [2.45, 2.75) is 31.2 Å². The molecule has 4 rings (SSSR count). The van der Waals surface area contributed by atoms with Crippen LogP contribution in [0.2, 0.25) is 0 Å². The molecule has 26 heavy (non-hydrogen) atoms. The average Bonchev–Trinajstić information content (AvgIpc) is 3.27. The van der Waals surface area contributed by atoms with Crippen molar-refractivity contribution in [1.29, 1.82) is 0 Å². The molecule has 1 aromatic carbocycles. The number of hydrogen-bond acceptors (Lipinski definition) is 4. The summed E-state index contributed by atoms with van der Waals surface area (Å²) in [7, 11) is 0. The SMILES string of the molecule is Cc1ccccc1C(=O)N1CCC2(CC1)SCC(=O)N2Cc1ccco1. The lowest BCUT2D eigenvalue weighted by molar-refractivity contribution is -0.132. The van der Waals surface area contributed by atoms with E-state index >= 15 is 0 Å². The summed E-state index contributed by atoms with van der Waals surface area (Å²) in [6.45, 7) is 3.81. The van der Waals surface area contributed by atoms with Crippen molar-refractivity contribution in [3.63, 3.8) is 0 Å². The highest BCUT2D eigenvalue weighted by Gasteiger charge is 2.48. The van der Waals surface area contributed by atoms with Gasteiger partial charge in [0.1, 0.15) is 5.76 Å². The predicted molar refractivity (Wildman–Crippen MR) is 101 cm³/mol. The van der Waals surface area contributed by atoms with Crippen LogP contribution in [0.3, 0.4) is 0 Å². The van der Waals surface area contributed by atoms with E-state index in [1.54, 1.807) is 18.0 Å². The molecule has 2 aliphatic heterocycles. The molecule has 2 aromatic rings. The Morgan fingerprint density at radius 3 is 2.65 bits per heavy atom. The summed E-state index contributed by atoms with van der Waals surface area (Å²) >= 11 is 1.71. The molecule has 2 fully saturated rings. The van der Waals surface area contributed by atoms with Gasteiger partial charge in [-0.15, -0.1) is 11.8 Å². The zero-order valence-electron chi connectivity index (χ0n) is 14.8. The highest BCUT2D eigenvalue weighted by molar-refractivity contribution is 8.01. The van der Waals surface area contributed by atoms with Crippen LogP contribution in [0.5, 0.6) is 0 Å². The van der Waals surface area contributed by atoms with E-state index in [0.29, 0.717) is 25.4 Å². The first-order chi connectivity index (χ1) is 12.6. The molecule has 3 heterocycles. The van der Waals surface area contributed by atoms with Gasteiger partial charge in [0, 0.05) is 18.7 Å². The van der Waals surface area contributed by atoms with Gasteiger partial charge in [-0.25, -0.2) is 0 Å². The lowest BCUT2D eigenvalue weighted by atomic mass is 10.00. The van der Waals surface area contributed by atoms with Crippen LogP contribution in [-0.2, 0) is 11.3 Å². The Bertz CT molecular complexity index is 810. The first kappa shape index (κ1) is 17.2. The quantitative estimate of drug-likeness (QED) is 0.832. The second kappa shape index (κ2) is 6.83. The third kappa shape index (κ3) is 3.03. The topological polar surface area (TPSA) is 53.8 Å². The third-order valence-electron chi connectivity index (χ3n) is 5.36. The van der Waals surface area contributed by atoms with Crippen molar-refractivity contribution in [2.75, 3.05) is 18.8 Å². The van der Waals surface area contributed by atoms with Crippen LogP contribution in [-0.4, -0.2) is 45.3 Å². The number of thioether (sulfide) groups is 1. The average molecular weight is 370 g/mol. The minimum absolute atomic E-state index is 0.0878. The van der Waals surface area contributed by atoms with Crippen LogP contribution in [0, 0.1) is 6.92 Å². The number of carbonyl (C=O) groups is 2. The number of piperidine rings is 1. The molecule has 0 radical (unpaired) electrons. The molecule has 0 unspecified atom stereocenters. The van der Waals surface area contributed by atoms with Gasteiger partial charge in [0.05, 0.1) is 23.4 Å². The second-order valence-electron chi connectivity index (χ2n) is 6.90. The summed E-state index contributed by atoms with van der Waals surface area (Å²) in [6, 6.07) is 11.5. The molecular formula is C20H22N2O3S. The van der Waals surface area contributed by atoms with Crippen LogP contribution in [0.15, 0.2) is 47.1 Å². The highest BCUT2D eigenvalue weighted by atomic mass is 32.2. The maximum absolute atomic E-state index is 12.8. The van der Waals surface area contributed by atoms with Gasteiger partial charge in [-0.2, -0.15) is 0 Å². The number of aryl methyl sites for hydroxylation is 1. The number of nitrogens with zero attached hydrogens (tertiary/aromatic N) is 2. The van der Waals surface area contributed by atoms with Crippen molar-refractivity contribution in [2.24, 2.45) is 0 Å². The molecule has 1 aromatic heterocycles. The Hall–Kier alpha value is -2.21. The molecule has 1 spiro atoms. The molecule has 2 amide bonds. The predicted octanol–water partition coefficient (Wildman–Crippen LogP) is 3.30. The maximum Gasteiger partial charge on any atom is 0.254 e. The molecule has 0 bridgehead atoms. The smallest absolute Gasteiger partial charge is 0.254 e. The van der Waals surface area contributed by atoms with E-state index < -0.39 is 0 Å². The Balaban J connectivity index is 1.47. The Morgan fingerprint density at radius 1 is 1.19 bits per heavy atom. The number of benzene rings is 1. The Morgan fingerprint density at radius 2 is 1.96 bits per heavy atom. The monoisotopic (exact) mass is 370 g/mol. The van der Waals surface area contributed by atoms with Crippen molar-refractivity contribution < 1.29 is 14.0 Å². The minimum Gasteiger partial charge on any atom is -0.467 e. The van der Waals surface area contributed by atoms with Gasteiger partial charge >= 0.3 is 0 Å². The molecule has 0 saturated carbocycles. The van der Waals surface area contributed by atoms with Gasteiger partial charge in [-0.05, 0) is 43.5 Å². The van der Waals surface area contributed by atoms with Crippen LogP contribution >= 0.6 is 11.8 Å². The number of rotatable bonds is 3. The van der Waals surface area contributed by atoms with E-state index in [9.17, 15) is 9.59 Å². The molecule has 6 heteroatoms. The highest BCUT2D eigenvalue weighted by Crippen LogP contribution is 2.45. The maximum atomic E-state index is 12.8. The van der Waals surface area contributed by atoms with Crippen molar-refractivity contribution in [1.82, 2.24) is 9.80 Å². The fourth-order valence-electron chi connectivity index (χ4n) is 3.83. The lowest BCUT2D eigenvalue weighted by Crippen LogP contribution is -2.52. The van der Waals surface area contributed by atoms with E-state index in [1.807, 2.05) is 53.1 Å². The standard InChI is InChI=1S/C20H22N2O3S/c1-15-5-2-3-7-17(15)19(24)21-10-8-20(9-11-21)22(18(23)14-26-20)13-16-6-4-12-25-16/h2-7,12H,8-11,13-14H2,1H3. The number of likely N-dealkylation sites (tertiary alicyclic amines) is 1. The summed E-state index contributed by atoms with van der Waals surface area (Å²) in [5, 5.41) is 0. The summed E-state index contributed by atoms with van der Waals surface area (Å²) in [6.07, 6.45) is 3.22. The molecule has 0 N–H and O–H groups in total. The summed E-state index contributed by atoms with van der Waals surface area (Å²) < 4.78 is 5.44. The van der Waals surface area contributed by atoms with Gasteiger partial charge in [0.25, 0.3) is 5.91 Å². The number of hydrogen-bond donors (Lipinski definition) is 0. The number of carbonyl (C=O) groups excluding carboxylic acids is 2. The fraction of sp³-hybridized carbons (Fsp3) is 0.400. The molecule has 136 valence electrons. The van der Waals surface area contributed by atoms with Crippen LogP contribution < -0.4 is 0 Å². The van der Waals surface area contributed by atoms with Gasteiger partial charge < -0.3 is 14.2 Å². The number of amides is 2. The normalized spacial score (nSPS) is 19.3. The molecule has 2 aliphatic rings. The minimum atomic E-state index is -0.216. The molecule has 0 atom stereocenters. The fourth-order valence-corrected chi connectivity index (χ4v) is 5.17. The van der Waals surface area contributed by atoms with Crippen LogP contribution in [0.4, 0.5) is 0 Å². The van der Waals surface area contributed by atoms with Crippen molar-refractivity contribution >= 4 is 23.6 Å². The Labute approximate surface area is 157 Å². The molecule has 0 aliphatic carbocycles. The summed E-state index contributed by atoms with van der Waals surface area (Å²) in [5.41, 5.74) is 1.77. The Kier molecular flexibility index (Phi) is 4.53. The van der Waals surface area contributed by atoms with Gasteiger partial charge in [-0.1, -0.05) is 18.2 Å². The zero-order chi connectivity index (χ0) is 18.1. The number of furan rings is 1. The summed E-state index contributed by atoms with van der Waals surface area (Å²) in [5.74, 6) is 1.56. The molecular weight excluding hydrogens is 348 g/mol. The van der Waals surface area contributed by atoms with Gasteiger partial charge in [-0.3, -0.25) is 9.59 Å². The van der Waals surface area contributed by atoms with Gasteiger partial charge in [0.2, 0.25) is 5.91 Å². The van der Waals surface area contributed by atoms with E-state index in [2.05, 4.69) is 0 Å². The molecule has 2 saturated heterocycles. The zero-order valence-corrected chi connectivity index (χ0v) is 15.6. The van der Waals surface area contributed by atoms with E-state index in [0.717, 1.165) is 29.7 Å². The van der Waals surface area contributed by atoms with Crippen molar-refractivity contribution in [3.8, 4) is 0 Å².